The topological polar surface area (TPSA) is 74.8 Å². The Morgan fingerprint density at radius 1 is 1.35 bits per heavy atom. The summed E-state index contributed by atoms with van der Waals surface area (Å²) in [6, 6.07) is 5.89. The van der Waals surface area contributed by atoms with E-state index in [1.54, 1.807) is 6.07 Å². The first-order valence-electron chi connectivity index (χ1n) is 6.89. The Balaban J connectivity index is 1.63. The molecule has 0 bridgehead atoms. The lowest BCUT2D eigenvalue weighted by molar-refractivity contribution is 0.102. The number of aromatic nitrogens is 2. The number of fused-ring (bicyclic) bond motifs is 3. The van der Waals surface area contributed by atoms with E-state index in [0.29, 0.717) is 11.6 Å². The van der Waals surface area contributed by atoms with Gasteiger partial charge in [-0.15, -0.1) is 11.3 Å². The maximum atomic E-state index is 13.3. The number of benzene rings is 1. The summed E-state index contributed by atoms with van der Waals surface area (Å²) in [4.78, 5) is 31.9. The molecule has 0 saturated heterocycles. The normalized spacial score (nSPS) is 11.9. The molecule has 1 aliphatic rings. The quantitative estimate of drug-likeness (QED) is 0.594. The highest BCUT2D eigenvalue weighted by Crippen LogP contribution is 2.41. The Morgan fingerprint density at radius 2 is 2.22 bits per heavy atom. The molecule has 1 aliphatic carbocycles. The zero-order valence-electron chi connectivity index (χ0n) is 11.7. The molecular formula is C16H10FN3O2S. The molecule has 0 atom stereocenters. The average molecular weight is 327 g/mol. The smallest absolute Gasteiger partial charge is 0.262 e. The number of aromatic amines is 1. The first-order valence-corrected chi connectivity index (χ1v) is 7.70. The zero-order chi connectivity index (χ0) is 16.0. The number of hydrogen-bond acceptors (Lipinski definition) is 4. The first kappa shape index (κ1) is 13.8. The Morgan fingerprint density at radius 3 is 3.04 bits per heavy atom. The van der Waals surface area contributed by atoms with Gasteiger partial charge in [-0.1, -0.05) is 0 Å². The third-order valence-electron chi connectivity index (χ3n) is 3.66. The fourth-order valence-electron chi connectivity index (χ4n) is 2.61. The van der Waals surface area contributed by atoms with Gasteiger partial charge in [0.05, 0.1) is 5.69 Å². The van der Waals surface area contributed by atoms with Crippen molar-refractivity contribution in [2.24, 2.45) is 0 Å². The standard InChI is InChI=1S/C16H10FN3O2S/c17-9-1-2-10-8(5-9)6-13-14(10)19-16(23-13)20-15(22)11-7-18-4-3-12(11)21/h1-5,7H,6H2,(H,18,21)(H,19,20,22). The summed E-state index contributed by atoms with van der Waals surface area (Å²) in [5.74, 6) is -0.769. The van der Waals surface area contributed by atoms with Crippen molar-refractivity contribution in [3.05, 3.63) is 68.7 Å². The van der Waals surface area contributed by atoms with Crippen molar-refractivity contribution < 1.29 is 9.18 Å². The summed E-state index contributed by atoms with van der Waals surface area (Å²) in [6.07, 6.45) is 3.42. The van der Waals surface area contributed by atoms with Crippen molar-refractivity contribution in [2.75, 3.05) is 5.32 Å². The van der Waals surface area contributed by atoms with E-state index in [1.165, 1.54) is 41.9 Å². The summed E-state index contributed by atoms with van der Waals surface area (Å²) in [5, 5.41) is 3.07. The molecule has 2 heterocycles. The number of hydrogen-bond donors (Lipinski definition) is 2. The lowest BCUT2D eigenvalue weighted by Crippen LogP contribution is -2.20. The number of anilines is 1. The van der Waals surface area contributed by atoms with Crippen molar-refractivity contribution in [1.82, 2.24) is 9.97 Å². The van der Waals surface area contributed by atoms with Crippen LogP contribution in [0.1, 0.15) is 20.8 Å². The zero-order valence-corrected chi connectivity index (χ0v) is 12.5. The van der Waals surface area contributed by atoms with Gasteiger partial charge in [0.2, 0.25) is 0 Å². The predicted octanol–water partition coefficient (Wildman–Crippen LogP) is 2.79. The Labute approximate surface area is 133 Å². The van der Waals surface area contributed by atoms with E-state index in [0.717, 1.165) is 21.7 Å². The Kier molecular flexibility index (Phi) is 3.09. The molecule has 7 heteroatoms. The monoisotopic (exact) mass is 327 g/mol. The van der Waals surface area contributed by atoms with Gasteiger partial charge in [-0.05, 0) is 23.8 Å². The summed E-state index contributed by atoms with van der Waals surface area (Å²) in [6.45, 7) is 0. The minimum atomic E-state index is -0.501. The second-order valence-electron chi connectivity index (χ2n) is 5.15. The van der Waals surface area contributed by atoms with E-state index in [1.807, 2.05) is 0 Å². The predicted molar refractivity (Wildman–Crippen MR) is 85.3 cm³/mol. The van der Waals surface area contributed by atoms with Crippen LogP contribution in [-0.4, -0.2) is 15.9 Å². The number of carbonyl (C=O) groups excluding carboxylic acids is 1. The Bertz CT molecular complexity index is 993. The van der Waals surface area contributed by atoms with Crippen LogP contribution in [-0.2, 0) is 6.42 Å². The highest BCUT2D eigenvalue weighted by atomic mass is 32.1. The first-order chi connectivity index (χ1) is 11.1. The fourth-order valence-corrected chi connectivity index (χ4v) is 3.60. The SMILES string of the molecule is O=C(Nc1nc2c(s1)Cc1cc(F)ccc1-2)c1c[nH]ccc1=O. The van der Waals surface area contributed by atoms with Gasteiger partial charge in [-0.2, -0.15) is 0 Å². The van der Waals surface area contributed by atoms with E-state index < -0.39 is 5.91 Å². The molecule has 23 heavy (non-hydrogen) atoms. The molecule has 4 rings (SSSR count). The summed E-state index contributed by atoms with van der Waals surface area (Å²) in [7, 11) is 0. The highest BCUT2D eigenvalue weighted by molar-refractivity contribution is 7.16. The van der Waals surface area contributed by atoms with Gasteiger partial charge >= 0.3 is 0 Å². The molecule has 3 aromatic rings. The molecule has 2 N–H and O–H groups in total. The number of thiazole rings is 1. The van der Waals surface area contributed by atoms with Crippen LogP contribution in [0.4, 0.5) is 9.52 Å². The molecule has 0 fully saturated rings. The van der Waals surface area contributed by atoms with Crippen LogP contribution in [0.2, 0.25) is 0 Å². The van der Waals surface area contributed by atoms with Gasteiger partial charge in [-0.3, -0.25) is 14.9 Å². The van der Waals surface area contributed by atoms with Crippen molar-refractivity contribution in [3.63, 3.8) is 0 Å². The molecule has 0 spiro atoms. The van der Waals surface area contributed by atoms with Crippen molar-refractivity contribution in [2.45, 2.75) is 6.42 Å². The van der Waals surface area contributed by atoms with Crippen LogP contribution in [0.15, 0.2) is 41.5 Å². The number of amides is 1. The fraction of sp³-hybridized carbons (Fsp3) is 0.0625. The maximum absolute atomic E-state index is 13.3. The van der Waals surface area contributed by atoms with Crippen LogP contribution in [0.3, 0.4) is 0 Å². The van der Waals surface area contributed by atoms with Crippen molar-refractivity contribution in [1.29, 1.82) is 0 Å². The van der Waals surface area contributed by atoms with Crippen LogP contribution in [0.25, 0.3) is 11.3 Å². The molecule has 114 valence electrons. The number of nitrogens with one attached hydrogen (secondary N) is 2. The molecule has 0 aliphatic heterocycles. The largest absolute Gasteiger partial charge is 0.367 e. The molecule has 0 radical (unpaired) electrons. The lowest BCUT2D eigenvalue weighted by atomic mass is 10.1. The van der Waals surface area contributed by atoms with Crippen LogP contribution < -0.4 is 10.7 Å². The Hall–Kier alpha value is -2.80. The second kappa shape index (κ2) is 5.13. The molecule has 2 aromatic heterocycles. The number of nitrogens with zero attached hydrogens (tertiary/aromatic N) is 1. The van der Waals surface area contributed by atoms with E-state index in [9.17, 15) is 14.0 Å². The lowest BCUT2D eigenvalue weighted by Gasteiger charge is -2.02. The number of H-pyrrole nitrogens is 1. The number of carbonyl (C=O) groups is 1. The van der Waals surface area contributed by atoms with E-state index in [-0.39, 0.29) is 16.8 Å². The highest BCUT2D eigenvalue weighted by Gasteiger charge is 2.24. The molecule has 5 nitrogen and oxygen atoms in total. The molecule has 1 aromatic carbocycles. The van der Waals surface area contributed by atoms with Gasteiger partial charge in [-0.25, -0.2) is 9.37 Å². The molecule has 1 amide bonds. The van der Waals surface area contributed by atoms with Gasteiger partial charge < -0.3 is 4.98 Å². The van der Waals surface area contributed by atoms with Crippen molar-refractivity contribution in [3.8, 4) is 11.3 Å². The summed E-state index contributed by atoms with van der Waals surface area (Å²) in [5.41, 5.74) is 2.23. The number of rotatable bonds is 2. The van der Waals surface area contributed by atoms with Gasteiger partial charge in [0.15, 0.2) is 10.6 Å². The van der Waals surface area contributed by atoms with E-state index >= 15 is 0 Å². The second-order valence-corrected chi connectivity index (χ2v) is 6.23. The van der Waals surface area contributed by atoms with Gasteiger partial charge in [0.1, 0.15) is 11.4 Å². The van der Waals surface area contributed by atoms with Gasteiger partial charge in [0, 0.05) is 35.3 Å². The molecule has 0 saturated carbocycles. The minimum absolute atomic E-state index is 0.0327. The minimum Gasteiger partial charge on any atom is -0.367 e. The van der Waals surface area contributed by atoms with Crippen LogP contribution >= 0.6 is 11.3 Å². The molecular weight excluding hydrogens is 317 g/mol. The summed E-state index contributed by atoms with van der Waals surface area (Å²) < 4.78 is 13.3. The van der Waals surface area contributed by atoms with Crippen molar-refractivity contribution >= 4 is 22.4 Å². The van der Waals surface area contributed by atoms with Gasteiger partial charge in [0.25, 0.3) is 5.91 Å². The average Bonchev–Trinajstić information content (AvgIpc) is 3.03. The van der Waals surface area contributed by atoms with Crippen LogP contribution in [0.5, 0.6) is 0 Å². The van der Waals surface area contributed by atoms with Crippen LogP contribution in [0, 0.1) is 5.82 Å². The third-order valence-corrected chi connectivity index (χ3v) is 4.63. The maximum Gasteiger partial charge on any atom is 0.262 e. The third kappa shape index (κ3) is 2.35. The van der Waals surface area contributed by atoms with E-state index in [4.69, 9.17) is 0 Å². The molecule has 0 unspecified atom stereocenters. The number of pyridine rings is 1. The summed E-state index contributed by atoms with van der Waals surface area (Å²) >= 11 is 1.34. The van der Waals surface area contributed by atoms with E-state index in [2.05, 4.69) is 15.3 Å². The number of halogens is 1.